The summed E-state index contributed by atoms with van der Waals surface area (Å²) in [5.74, 6) is 1.08. The van der Waals surface area contributed by atoms with Gasteiger partial charge in [0, 0.05) is 35.8 Å². The van der Waals surface area contributed by atoms with Crippen LogP contribution >= 0.6 is 0 Å². The summed E-state index contributed by atoms with van der Waals surface area (Å²) in [5.41, 5.74) is 14.7. The van der Waals surface area contributed by atoms with Gasteiger partial charge in [0.2, 0.25) is 5.95 Å². The van der Waals surface area contributed by atoms with Gasteiger partial charge in [-0.2, -0.15) is 4.98 Å². The summed E-state index contributed by atoms with van der Waals surface area (Å²) in [6.45, 7) is 1.42. The Hall–Kier alpha value is -3.13. The topological polar surface area (TPSA) is 139 Å². The Labute approximate surface area is 145 Å². The molecule has 8 heteroatoms. The molecule has 0 aliphatic rings. The van der Waals surface area contributed by atoms with Crippen molar-refractivity contribution in [3.05, 3.63) is 36.1 Å². The van der Waals surface area contributed by atoms with E-state index in [1.165, 1.54) is 6.21 Å². The van der Waals surface area contributed by atoms with Gasteiger partial charge >= 0.3 is 0 Å². The predicted octanol–water partition coefficient (Wildman–Crippen LogP) is 2.70. The van der Waals surface area contributed by atoms with Gasteiger partial charge in [-0.05, 0) is 37.6 Å². The second-order valence-corrected chi connectivity index (χ2v) is 5.57. The monoisotopic (exact) mass is 339 g/mol. The van der Waals surface area contributed by atoms with Crippen molar-refractivity contribution in [1.82, 2.24) is 9.97 Å². The number of furan rings is 1. The van der Waals surface area contributed by atoms with Crippen LogP contribution in [0.25, 0.3) is 11.1 Å². The molecule has 0 atom stereocenters. The molecule has 0 radical (unpaired) electrons. The maximum atomic E-state index is 7.29. The summed E-state index contributed by atoms with van der Waals surface area (Å²) in [6.07, 6.45) is 4.71. The Kier molecular flexibility index (Phi) is 5.10. The van der Waals surface area contributed by atoms with E-state index in [-0.39, 0.29) is 0 Å². The molecule has 0 bridgehead atoms. The van der Waals surface area contributed by atoms with E-state index in [0.717, 1.165) is 25.1 Å². The van der Waals surface area contributed by atoms with Gasteiger partial charge in [-0.3, -0.25) is 0 Å². The van der Waals surface area contributed by atoms with E-state index >= 15 is 0 Å². The number of fused-ring (bicyclic) bond motifs is 1. The molecule has 2 heterocycles. The quantitative estimate of drug-likeness (QED) is 0.241. The molecule has 0 saturated carbocycles. The SMILES string of the molecule is N=Cc1ccc(Nc2nc(NCCCCN)c3occc3n2)cc1N. The van der Waals surface area contributed by atoms with Crippen molar-refractivity contribution in [2.75, 3.05) is 29.5 Å². The Morgan fingerprint density at radius 2 is 2.08 bits per heavy atom. The third-order valence-electron chi connectivity index (χ3n) is 3.73. The number of hydrogen-bond donors (Lipinski definition) is 5. The lowest BCUT2D eigenvalue weighted by atomic mass is 10.2. The second-order valence-electron chi connectivity index (χ2n) is 5.57. The molecule has 0 spiro atoms. The smallest absolute Gasteiger partial charge is 0.229 e. The number of hydrogen-bond acceptors (Lipinski definition) is 8. The zero-order valence-corrected chi connectivity index (χ0v) is 13.7. The standard InChI is InChI=1S/C17H21N7O/c18-6-1-2-7-21-16-15-14(5-8-25-15)23-17(24-16)22-12-4-3-11(10-19)13(20)9-12/h3-5,8-10,19H,1-2,6-7,18,20H2,(H2,21,22,23,24). The zero-order chi connectivity index (χ0) is 17.6. The van der Waals surface area contributed by atoms with Gasteiger partial charge < -0.3 is 31.9 Å². The van der Waals surface area contributed by atoms with Crippen molar-refractivity contribution in [2.45, 2.75) is 12.8 Å². The Morgan fingerprint density at radius 3 is 2.84 bits per heavy atom. The summed E-state index contributed by atoms with van der Waals surface area (Å²) < 4.78 is 5.48. The van der Waals surface area contributed by atoms with Crippen LogP contribution in [0.15, 0.2) is 34.9 Å². The first kappa shape index (κ1) is 16.7. The molecule has 7 N–H and O–H groups in total. The van der Waals surface area contributed by atoms with E-state index in [0.29, 0.717) is 40.7 Å². The highest BCUT2D eigenvalue weighted by Gasteiger charge is 2.11. The van der Waals surface area contributed by atoms with Crippen molar-refractivity contribution >= 4 is 40.5 Å². The molecule has 1 aromatic carbocycles. The van der Waals surface area contributed by atoms with Crippen molar-refractivity contribution in [3.8, 4) is 0 Å². The summed E-state index contributed by atoms with van der Waals surface area (Å²) >= 11 is 0. The second kappa shape index (κ2) is 7.63. The summed E-state index contributed by atoms with van der Waals surface area (Å²) in [4.78, 5) is 8.94. The molecule has 0 saturated heterocycles. The van der Waals surface area contributed by atoms with Gasteiger partial charge in [0.1, 0.15) is 5.52 Å². The number of nitrogen functional groups attached to an aromatic ring is 1. The van der Waals surface area contributed by atoms with Gasteiger partial charge in [0.25, 0.3) is 0 Å². The van der Waals surface area contributed by atoms with Crippen LogP contribution in [0.5, 0.6) is 0 Å². The van der Waals surface area contributed by atoms with Crippen LogP contribution in [-0.4, -0.2) is 29.3 Å². The van der Waals surface area contributed by atoms with Crippen LogP contribution in [0.4, 0.5) is 23.1 Å². The van der Waals surface area contributed by atoms with Gasteiger partial charge in [0.15, 0.2) is 11.4 Å². The predicted molar refractivity (Wildman–Crippen MR) is 101 cm³/mol. The maximum absolute atomic E-state index is 7.29. The van der Waals surface area contributed by atoms with Gasteiger partial charge in [-0.15, -0.1) is 0 Å². The maximum Gasteiger partial charge on any atom is 0.229 e. The molecule has 3 rings (SSSR count). The van der Waals surface area contributed by atoms with E-state index in [4.69, 9.17) is 21.3 Å². The molecule has 0 aliphatic carbocycles. The lowest BCUT2D eigenvalue weighted by Crippen LogP contribution is -2.08. The largest absolute Gasteiger partial charge is 0.459 e. The third kappa shape index (κ3) is 3.86. The molecule has 0 amide bonds. The molecular formula is C17H21N7O. The van der Waals surface area contributed by atoms with E-state index in [9.17, 15) is 0 Å². The van der Waals surface area contributed by atoms with Crippen LogP contribution in [-0.2, 0) is 0 Å². The number of unbranched alkanes of at least 4 members (excludes halogenated alkanes) is 1. The highest BCUT2D eigenvalue weighted by atomic mass is 16.3. The normalized spacial score (nSPS) is 10.8. The molecule has 3 aromatic rings. The number of nitrogens with one attached hydrogen (secondary N) is 3. The van der Waals surface area contributed by atoms with E-state index in [2.05, 4.69) is 20.6 Å². The average Bonchev–Trinajstić information content (AvgIpc) is 3.07. The summed E-state index contributed by atoms with van der Waals surface area (Å²) in [5, 5.41) is 13.7. The Balaban J connectivity index is 1.83. The molecule has 0 aliphatic heterocycles. The van der Waals surface area contributed by atoms with Crippen LogP contribution in [0, 0.1) is 5.41 Å². The highest BCUT2D eigenvalue weighted by molar-refractivity contribution is 5.87. The van der Waals surface area contributed by atoms with Gasteiger partial charge in [-0.1, -0.05) is 0 Å². The van der Waals surface area contributed by atoms with Gasteiger partial charge in [-0.25, -0.2) is 4.98 Å². The van der Waals surface area contributed by atoms with Crippen LogP contribution in [0.3, 0.4) is 0 Å². The van der Waals surface area contributed by atoms with Gasteiger partial charge in [0.05, 0.1) is 6.26 Å². The lowest BCUT2D eigenvalue weighted by Gasteiger charge is -2.10. The minimum absolute atomic E-state index is 0.442. The fourth-order valence-corrected chi connectivity index (χ4v) is 2.43. The summed E-state index contributed by atoms with van der Waals surface area (Å²) in [7, 11) is 0. The van der Waals surface area contributed by atoms with Crippen molar-refractivity contribution in [1.29, 1.82) is 5.41 Å². The third-order valence-corrected chi connectivity index (χ3v) is 3.73. The van der Waals surface area contributed by atoms with Crippen LogP contribution in [0.1, 0.15) is 18.4 Å². The van der Waals surface area contributed by atoms with E-state index in [1.807, 2.05) is 6.07 Å². The summed E-state index contributed by atoms with van der Waals surface area (Å²) in [6, 6.07) is 7.14. The Bertz CT molecular complexity index is 875. The number of benzene rings is 1. The fraction of sp³-hybridized carbons (Fsp3) is 0.235. The molecule has 0 unspecified atom stereocenters. The fourth-order valence-electron chi connectivity index (χ4n) is 2.43. The first-order valence-electron chi connectivity index (χ1n) is 8.07. The van der Waals surface area contributed by atoms with Crippen molar-refractivity contribution in [3.63, 3.8) is 0 Å². The van der Waals surface area contributed by atoms with Crippen LogP contribution in [0.2, 0.25) is 0 Å². The average molecular weight is 339 g/mol. The number of rotatable bonds is 8. The molecule has 2 aromatic heterocycles. The number of nitrogens with zero attached hydrogens (tertiary/aromatic N) is 2. The molecule has 0 fully saturated rings. The minimum atomic E-state index is 0.442. The molecule has 8 nitrogen and oxygen atoms in total. The van der Waals surface area contributed by atoms with Crippen molar-refractivity contribution < 1.29 is 4.42 Å². The molecule has 130 valence electrons. The first-order valence-corrected chi connectivity index (χ1v) is 8.07. The molecule has 25 heavy (non-hydrogen) atoms. The highest BCUT2D eigenvalue weighted by Crippen LogP contribution is 2.25. The zero-order valence-electron chi connectivity index (χ0n) is 13.7. The van der Waals surface area contributed by atoms with Crippen LogP contribution < -0.4 is 22.1 Å². The Morgan fingerprint density at radius 1 is 1.20 bits per heavy atom. The minimum Gasteiger partial charge on any atom is -0.459 e. The number of anilines is 4. The first-order chi connectivity index (χ1) is 12.2. The molecular weight excluding hydrogens is 318 g/mol. The number of aromatic nitrogens is 2. The van der Waals surface area contributed by atoms with E-state index in [1.54, 1.807) is 24.5 Å². The number of nitrogens with two attached hydrogens (primary N) is 2. The van der Waals surface area contributed by atoms with Crippen molar-refractivity contribution in [2.24, 2.45) is 5.73 Å². The lowest BCUT2D eigenvalue weighted by molar-refractivity contribution is 0.614. The van der Waals surface area contributed by atoms with E-state index < -0.39 is 0 Å².